The summed E-state index contributed by atoms with van der Waals surface area (Å²) in [7, 11) is 0. The Labute approximate surface area is 115 Å². The highest BCUT2D eigenvalue weighted by Gasteiger charge is 2.16. The van der Waals surface area contributed by atoms with Crippen LogP contribution in [0.1, 0.15) is 22.7 Å². The van der Waals surface area contributed by atoms with Gasteiger partial charge in [0.1, 0.15) is 5.75 Å². The molecule has 0 radical (unpaired) electrons. The van der Waals surface area contributed by atoms with Crippen LogP contribution in [0.3, 0.4) is 0 Å². The van der Waals surface area contributed by atoms with Crippen molar-refractivity contribution in [1.29, 1.82) is 0 Å². The molecule has 1 heterocycles. The van der Waals surface area contributed by atoms with Gasteiger partial charge in [-0.05, 0) is 41.8 Å². The second kappa shape index (κ2) is 6.40. The normalized spacial score (nSPS) is 12.4. The highest BCUT2D eigenvalue weighted by Crippen LogP contribution is 2.26. The molecule has 0 amide bonds. The number of nitrogens with one attached hydrogen (secondary N) is 1. The summed E-state index contributed by atoms with van der Waals surface area (Å²) in [6, 6.07) is 7.95. The molecule has 0 spiro atoms. The van der Waals surface area contributed by atoms with E-state index in [1.807, 2.05) is 13.0 Å². The van der Waals surface area contributed by atoms with Gasteiger partial charge in [-0.15, -0.1) is 0 Å². The summed E-state index contributed by atoms with van der Waals surface area (Å²) >= 11 is 0. The molecule has 1 aromatic heterocycles. The number of nitrogens with zero attached hydrogens (tertiary/aromatic N) is 1. The SMILES string of the molecule is Cc1ccncc1C(NN)c1cccc(OC(F)F)c1. The minimum absolute atomic E-state index is 0.0966. The Morgan fingerprint density at radius 1 is 1.30 bits per heavy atom. The molecule has 3 N–H and O–H groups in total. The van der Waals surface area contributed by atoms with Crippen LogP contribution in [0.4, 0.5) is 8.78 Å². The molecule has 106 valence electrons. The second-order valence-corrected chi connectivity index (χ2v) is 4.28. The fourth-order valence-corrected chi connectivity index (χ4v) is 2.01. The zero-order chi connectivity index (χ0) is 14.5. The standard InChI is InChI=1S/C14H15F2N3O/c1-9-5-6-18-8-12(9)13(19-17)10-3-2-4-11(7-10)20-14(15)16/h2-8,13-14,19H,17H2,1H3. The van der Waals surface area contributed by atoms with E-state index in [2.05, 4.69) is 15.1 Å². The third kappa shape index (κ3) is 3.28. The molecule has 1 aromatic carbocycles. The summed E-state index contributed by atoms with van der Waals surface area (Å²) in [5.41, 5.74) is 5.28. The van der Waals surface area contributed by atoms with Crippen molar-refractivity contribution in [3.05, 3.63) is 59.4 Å². The van der Waals surface area contributed by atoms with Crippen LogP contribution < -0.4 is 16.0 Å². The first-order valence-electron chi connectivity index (χ1n) is 6.03. The molecule has 0 aliphatic rings. The molecular formula is C14H15F2N3O. The topological polar surface area (TPSA) is 60.2 Å². The summed E-state index contributed by atoms with van der Waals surface area (Å²) in [6.45, 7) is -0.921. The molecule has 0 saturated carbocycles. The minimum atomic E-state index is -2.85. The lowest BCUT2D eigenvalue weighted by atomic mass is 9.97. The van der Waals surface area contributed by atoms with Gasteiger partial charge in [-0.3, -0.25) is 10.8 Å². The van der Waals surface area contributed by atoms with Gasteiger partial charge in [0.05, 0.1) is 6.04 Å². The third-order valence-electron chi connectivity index (χ3n) is 2.97. The third-order valence-corrected chi connectivity index (χ3v) is 2.97. The van der Waals surface area contributed by atoms with E-state index in [-0.39, 0.29) is 11.8 Å². The van der Waals surface area contributed by atoms with Crippen molar-refractivity contribution in [3.63, 3.8) is 0 Å². The van der Waals surface area contributed by atoms with Crippen molar-refractivity contribution >= 4 is 0 Å². The Kier molecular flexibility index (Phi) is 4.60. The highest BCUT2D eigenvalue weighted by atomic mass is 19.3. The number of halogens is 2. The van der Waals surface area contributed by atoms with Gasteiger partial charge in [0, 0.05) is 12.4 Å². The van der Waals surface area contributed by atoms with Crippen LogP contribution in [0, 0.1) is 6.92 Å². The number of alkyl halides is 2. The van der Waals surface area contributed by atoms with Gasteiger partial charge in [0.15, 0.2) is 0 Å². The highest BCUT2D eigenvalue weighted by molar-refractivity contribution is 5.38. The summed E-state index contributed by atoms with van der Waals surface area (Å²) in [5, 5.41) is 0. The average Bonchev–Trinajstić information content (AvgIpc) is 2.41. The summed E-state index contributed by atoms with van der Waals surface area (Å²) in [6.07, 6.45) is 3.38. The predicted molar refractivity (Wildman–Crippen MR) is 71.2 cm³/mol. The smallest absolute Gasteiger partial charge is 0.387 e. The van der Waals surface area contributed by atoms with Gasteiger partial charge in [-0.25, -0.2) is 5.43 Å². The lowest BCUT2D eigenvalue weighted by Crippen LogP contribution is -2.29. The summed E-state index contributed by atoms with van der Waals surface area (Å²) in [4.78, 5) is 4.06. The maximum Gasteiger partial charge on any atom is 0.387 e. The van der Waals surface area contributed by atoms with Gasteiger partial charge in [-0.2, -0.15) is 8.78 Å². The van der Waals surface area contributed by atoms with E-state index < -0.39 is 6.61 Å². The molecule has 6 heteroatoms. The van der Waals surface area contributed by atoms with Crippen molar-refractivity contribution in [3.8, 4) is 5.75 Å². The monoisotopic (exact) mass is 279 g/mol. The largest absolute Gasteiger partial charge is 0.435 e. The number of ether oxygens (including phenoxy) is 1. The molecule has 0 saturated heterocycles. The molecule has 20 heavy (non-hydrogen) atoms. The Balaban J connectivity index is 2.35. The quantitative estimate of drug-likeness (QED) is 0.652. The fourth-order valence-electron chi connectivity index (χ4n) is 2.01. The Morgan fingerprint density at radius 3 is 2.75 bits per heavy atom. The second-order valence-electron chi connectivity index (χ2n) is 4.28. The van der Waals surface area contributed by atoms with Crippen LogP contribution in [-0.2, 0) is 0 Å². The Morgan fingerprint density at radius 2 is 2.10 bits per heavy atom. The molecule has 0 bridgehead atoms. The molecular weight excluding hydrogens is 264 g/mol. The Bertz CT molecular complexity index is 578. The minimum Gasteiger partial charge on any atom is -0.435 e. The number of aryl methyl sites for hydroxylation is 1. The van der Waals surface area contributed by atoms with Crippen molar-refractivity contribution in [1.82, 2.24) is 10.4 Å². The lowest BCUT2D eigenvalue weighted by Gasteiger charge is -2.19. The van der Waals surface area contributed by atoms with E-state index in [1.165, 1.54) is 12.1 Å². The van der Waals surface area contributed by atoms with Crippen LogP contribution in [0.15, 0.2) is 42.7 Å². The number of pyridine rings is 1. The number of rotatable bonds is 5. The van der Waals surface area contributed by atoms with E-state index >= 15 is 0 Å². The number of hydrogen-bond acceptors (Lipinski definition) is 4. The first kappa shape index (κ1) is 14.4. The number of aromatic nitrogens is 1. The van der Waals surface area contributed by atoms with E-state index in [0.717, 1.165) is 16.7 Å². The fraction of sp³-hybridized carbons (Fsp3) is 0.214. The molecule has 0 aliphatic carbocycles. The van der Waals surface area contributed by atoms with Crippen LogP contribution >= 0.6 is 0 Å². The lowest BCUT2D eigenvalue weighted by molar-refractivity contribution is -0.0498. The van der Waals surface area contributed by atoms with E-state index in [4.69, 9.17) is 5.84 Å². The molecule has 2 aromatic rings. The first-order valence-corrected chi connectivity index (χ1v) is 6.03. The zero-order valence-electron chi connectivity index (χ0n) is 10.9. The number of hydrogen-bond donors (Lipinski definition) is 2. The van der Waals surface area contributed by atoms with Gasteiger partial charge in [0.2, 0.25) is 0 Å². The van der Waals surface area contributed by atoms with Crippen molar-refractivity contribution in [2.45, 2.75) is 19.6 Å². The van der Waals surface area contributed by atoms with Gasteiger partial charge < -0.3 is 4.74 Å². The van der Waals surface area contributed by atoms with Crippen LogP contribution in [0.25, 0.3) is 0 Å². The first-order chi connectivity index (χ1) is 9.61. The van der Waals surface area contributed by atoms with Gasteiger partial charge in [0.25, 0.3) is 0 Å². The van der Waals surface area contributed by atoms with Crippen LogP contribution in [0.5, 0.6) is 5.75 Å². The zero-order valence-corrected chi connectivity index (χ0v) is 10.9. The Hall–Kier alpha value is -2.05. The summed E-state index contributed by atoms with van der Waals surface area (Å²) < 4.78 is 28.9. The van der Waals surface area contributed by atoms with Crippen LogP contribution in [-0.4, -0.2) is 11.6 Å². The van der Waals surface area contributed by atoms with Crippen LogP contribution in [0.2, 0.25) is 0 Å². The summed E-state index contributed by atoms with van der Waals surface area (Å²) in [5.74, 6) is 5.69. The predicted octanol–water partition coefficient (Wildman–Crippen LogP) is 2.54. The molecule has 2 rings (SSSR count). The van der Waals surface area contributed by atoms with Gasteiger partial charge >= 0.3 is 6.61 Å². The maximum atomic E-state index is 12.2. The number of benzene rings is 1. The van der Waals surface area contributed by atoms with Gasteiger partial charge in [-0.1, -0.05) is 12.1 Å². The molecule has 0 fully saturated rings. The number of hydrazine groups is 1. The van der Waals surface area contributed by atoms with E-state index in [9.17, 15) is 8.78 Å². The van der Waals surface area contributed by atoms with E-state index in [0.29, 0.717) is 0 Å². The maximum absolute atomic E-state index is 12.2. The molecule has 1 atom stereocenters. The average molecular weight is 279 g/mol. The van der Waals surface area contributed by atoms with E-state index in [1.54, 1.807) is 24.5 Å². The molecule has 0 aliphatic heterocycles. The van der Waals surface area contributed by atoms with Crippen molar-refractivity contribution in [2.75, 3.05) is 0 Å². The molecule has 4 nitrogen and oxygen atoms in total. The van der Waals surface area contributed by atoms with Crippen molar-refractivity contribution < 1.29 is 13.5 Å². The molecule has 1 unspecified atom stereocenters. The number of nitrogens with two attached hydrogens (primary N) is 1. The van der Waals surface area contributed by atoms with Crippen molar-refractivity contribution in [2.24, 2.45) is 5.84 Å².